The van der Waals surface area contributed by atoms with Crippen molar-refractivity contribution in [1.29, 1.82) is 0 Å². The Labute approximate surface area is 159 Å². The van der Waals surface area contributed by atoms with Crippen molar-refractivity contribution in [3.8, 4) is 5.75 Å². The van der Waals surface area contributed by atoms with Crippen molar-refractivity contribution < 1.29 is 23.8 Å². The molecule has 0 aliphatic rings. The molecule has 0 radical (unpaired) electrons. The first-order valence-electron chi connectivity index (χ1n) is 8.48. The van der Waals surface area contributed by atoms with Crippen molar-refractivity contribution in [2.45, 2.75) is 18.9 Å². The Bertz CT molecular complexity index is 1130. The molecule has 28 heavy (non-hydrogen) atoms. The number of hydrogen-bond donors (Lipinski definition) is 2. The number of ether oxygens (including phenoxy) is 2. The van der Waals surface area contributed by atoms with Gasteiger partial charge in [-0.15, -0.1) is 0 Å². The van der Waals surface area contributed by atoms with E-state index in [-0.39, 0.29) is 30.1 Å². The van der Waals surface area contributed by atoms with E-state index in [2.05, 4.69) is 4.98 Å². The van der Waals surface area contributed by atoms with Crippen molar-refractivity contribution in [3.63, 3.8) is 0 Å². The van der Waals surface area contributed by atoms with Gasteiger partial charge >= 0.3 is 5.97 Å². The van der Waals surface area contributed by atoms with E-state index in [0.717, 1.165) is 11.5 Å². The minimum absolute atomic E-state index is 0.0124. The van der Waals surface area contributed by atoms with Gasteiger partial charge in [0.15, 0.2) is 5.76 Å². The first-order valence-corrected chi connectivity index (χ1v) is 8.48. The van der Waals surface area contributed by atoms with Gasteiger partial charge in [0.2, 0.25) is 11.2 Å². The number of para-hydroxylation sites is 1. The van der Waals surface area contributed by atoms with Crippen molar-refractivity contribution in [2.24, 2.45) is 0 Å². The summed E-state index contributed by atoms with van der Waals surface area (Å²) in [6.45, 7) is -0.0124. The third kappa shape index (κ3) is 3.81. The van der Waals surface area contributed by atoms with Crippen LogP contribution in [0.5, 0.6) is 5.75 Å². The summed E-state index contributed by atoms with van der Waals surface area (Å²) in [4.78, 5) is 39.6. The second kappa shape index (κ2) is 8.10. The fourth-order valence-corrected chi connectivity index (χ4v) is 3.02. The SMILES string of the molecule is COCc1cc(=O)c(O)c(C(CC(=O)OC)c2cc3ccccc3[nH]c2=O)o1. The number of pyridine rings is 1. The molecule has 0 aliphatic carbocycles. The third-order valence-electron chi connectivity index (χ3n) is 4.36. The van der Waals surface area contributed by atoms with E-state index in [1.54, 1.807) is 30.3 Å². The van der Waals surface area contributed by atoms with Gasteiger partial charge in [0.1, 0.15) is 12.4 Å². The molecule has 0 spiro atoms. The van der Waals surface area contributed by atoms with Crippen molar-refractivity contribution in [2.75, 3.05) is 14.2 Å². The fourth-order valence-electron chi connectivity index (χ4n) is 3.02. The van der Waals surface area contributed by atoms with Crippen LogP contribution in [-0.2, 0) is 20.9 Å². The molecule has 1 aromatic carbocycles. The maximum absolute atomic E-state index is 12.7. The third-order valence-corrected chi connectivity index (χ3v) is 4.36. The number of carbonyl (C=O) groups excluding carboxylic acids is 1. The molecule has 2 aromatic heterocycles. The lowest BCUT2D eigenvalue weighted by molar-refractivity contribution is -0.140. The summed E-state index contributed by atoms with van der Waals surface area (Å²) in [6, 6.07) is 9.82. The molecular weight excluding hydrogens is 366 g/mol. The Kier molecular flexibility index (Phi) is 5.60. The van der Waals surface area contributed by atoms with Crippen LogP contribution in [0, 0.1) is 0 Å². The summed E-state index contributed by atoms with van der Waals surface area (Å²) in [5.41, 5.74) is -0.379. The van der Waals surface area contributed by atoms with E-state index in [0.29, 0.717) is 5.52 Å². The van der Waals surface area contributed by atoms with E-state index in [1.165, 1.54) is 14.2 Å². The molecule has 2 N–H and O–H groups in total. The molecule has 146 valence electrons. The maximum atomic E-state index is 12.7. The number of fused-ring (bicyclic) bond motifs is 1. The van der Waals surface area contributed by atoms with Crippen LogP contribution in [0.1, 0.15) is 29.4 Å². The van der Waals surface area contributed by atoms with Crippen LogP contribution in [0.3, 0.4) is 0 Å². The highest BCUT2D eigenvalue weighted by atomic mass is 16.5. The zero-order valence-electron chi connectivity index (χ0n) is 15.4. The van der Waals surface area contributed by atoms with Crippen LogP contribution < -0.4 is 11.0 Å². The highest BCUT2D eigenvalue weighted by Crippen LogP contribution is 2.32. The molecule has 3 rings (SSSR count). The molecule has 0 amide bonds. The van der Waals surface area contributed by atoms with E-state index in [4.69, 9.17) is 13.9 Å². The van der Waals surface area contributed by atoms with Crippen molar-refractivity contribution in [1.82, 2.24) is 4.98 Å². The Morgan fingerprint density at radius 3 is 2.68 bits per heavy atom. The van der Waals surface area contributed by atoms with Crippen LogP contribution in [0.4, 0.5) is 0 Å². The number of aromatic nitrogens is 1. The lowest BCUT2D eigenvalue weighted by Gasteiger charge is -2.17. The Morgan fingerprint density at radius 1 is 1.21 bits per heavy atom. The van der Waals surface area contributed by atoms with Gasteiger partial charge in [0, 0.05) is 24.3 Å². The van der Waals surface area contributed by atoms with Gasteiger partial charge in [-0.3, -0.25) is 14.4 Å². The van der Waals surface area contributed by atoms with Gasteiger partial charge in [-0.1, -0.05) is 18.2 Å². The summed E-state index contributed by atoms with van der Waals surface area (Å²) in [5.74, 6) is -2.35. The number of nitrogens with one attached hydrogen (secondary N) is 1. The predicted octanol–water partition coefficient (Wildman–Crippen LogP) is 2.03. The largest absolute Gasteiger partial charge is 0.502 e. The second-order valence-electron chi connectivity index (χ2n) is 6.20. The zero-order chi connectivity index (χ0) is 20.3. The Morgan fingerprint density at radius 2 is 1.96 bits per heavy atom. The van der Waals surface area contributed by atoms with Crippen LogP contribution >= 0.6 is 0 Å². The quantitative estimate of drug-likeness (QED) is 0.623. The van der Waals surface area contributed by atoms with E-state index in [9.17, 15) is 19.5 Å². The number of aromatic hydroxyl groups is 1. The molecule has 1 unspecified atom stereocenters. The highest BCUT2D eigenvalue weighted by molar-refractivity contribution is 5.79. The van der Waals surface area contributed by atoms with E-state index >= 15 is 0 Å². The van der Waals surface area contributed by atoms with E-state index in [1.807, 2.05) is 0 Å². The number of esters is 1. The molecular formula is C20H19NO7. The molecule has 0 saturated heterocycles. The Balaban J connectivity index is 2.24. The summed E-state index contributed by atoms with van der Waals surface area (Å²) in [5, 5.41) is 11.0. The van der Waals surface area contributed by atoms with Gasteiger partial charge in [0.05, 0.1) is 19.4 Å². The maximum Gasteiger partial charge on any atom is 0.306 e. The van der Waals surface area contributed by atoms with Crippen LogP contribution in [0.25, 0.3) is 10.9 Å². The Hall–Kier alpha value is -3.39. The molecule has 3 aromatic rings. The molecule has 0 fully saturated rings. The van der Waals surface area contributed by atoms with Crippen LogP contribution in [-0.4, -0.2) is 30.3 Å². The lowest BCUT2D eigenvalue weighted by Crippen LogP contribution is -2.21. The number of hydrogen-bond acceptors (Lipinski definition) is 7. The molecule has 8 nitrogen and oxygen atoms in total. The first-order chi connectivity index (χ1) is 13.4. The van der Waals surface area contributed by atoms with Crippen LogP contribution in [0.15, 0.2) is 50.4 Å². The van der Waals surface area contributed by atoms with Gasteiger partial charge in [0.25, 0.3) is 5.56 Å². The number of carbonyl (C=O) groups is 1. The summed E-state index contributed by atoms with van der Waals surface area (Å²) in [7, 11) is 2.63. The number of H-pyrrole nitrogens is 1. The molecule has 2 heterocycles. The minimum atomic E-state index is -1.02. The monoisotopic (exact) mass is 385 g/mol. The molecule has 0 saturated carbocycles. The minimum Gasteiger partial charge on any atom is -0.502 e. The summed E-state index contributed by atoms with van der Waals surface area (Å²) in [6.07, 6.45) is -0.301. The standard InChI is InChI=1S/C20H19NO7/c1-26-10-12-8-16(22)18(24)19(28-12)13(9-17(23)27-2)14-7-11-5-3-4-6-15(11)21-20(14)25/h3-8,13,24H,9-10H2,1-2H3,(H,21,25). The van der Waals surface area contributed by atoms with Crippen molar-refractivity contribution >= 4 is 16.9 Å². The van der Waals surface area contributed by atoms with Gasteiger partial charge in [-0.05, 0) is 17.5 Å². The number of rotatable bonds is 6. The van der Waals surface area contributed by atoms with Gasteiger partial charge < -0.3 is 24.0 Å². The number of benzene rings is 1. The summed E-state index contributed by atoms with van der Waals surface area (Å²) < 4.78 is 15.3. The highest BCUT2D eigenvalue weighted by Gasteiger charge is 2.29. The van der Waals surface area contributed by atoms with E-state index < -0.39 is 28.6 Å². The predicted molar refractivity (Wildman–Crippen MR) is 100 cm³/mol. The topological polar surface area (TPSA) is 119 Å². The molecule has 0 aliphatic heterocycles. The van der Waals surface area contributed by atoms with Crippen LogP contribution in [0.2, 0.25) is 0 Å². The summed E-state index contributed by atoms with van der Waals surface area (Å²) >= 11 is 0. The number of methoxy groups -OCH3 is 2. The molecule has 8 heteroatoms. The molecule has 1 atom stereocenters. The van der Waals surface area contributed by atoms with Gasteiger partial charge in [-0.25, -0.2) is 0 Å². The molecule has 0 bridgehead atoms. The fraction of sp³-hybridized carbons (Fsp3) is 0.250. The first kappa shape index (κ1) is 19.4. The average molecular weight is 385 g/mol. The van der Waals surface area contributed by atoms with Gasteiger partial charge in [-0.2, -0.15) is 0 Å². The average Bonchev–Trinajstić information content (AvgIpc) is 2.68. The lowest BCUT2D eigenvalue weighted by atomic mass is 9.92. The van der Waals surface area contributed by atoms with Crippen molar-refractivity contribution in [3.05, 3.63) is 74.1 Å². The normalized spacial score (nSPS) is 12.1. The smallest absolute Gasteiger partial charge is 0.306 e. The second-order valence-corrected chi connectivity index (χ2v) is 6.20. The zero-order valence-corrected chi connectivity index (χ0v) is 15.4. The number of aromatic amines is 1.